The van der Waals surface area contributed by atoms with Crippen LogP contribution in [-0.2, 0) is 35.2 Å². The van der Waals surface area contributed by atoms with Gasteiger partial charge in [0.15, 0.2) is 6.10 Å². The highest BCUT2D eigenvalue weighted by Crippen LogP contribution is 2.26. The Labute approximate surface area is 160 Å². The maximum Gasteiger partial charge on any atom is 0.333 e. The third-order valence-corrected chi connectivity index (χ3v) is 5.01. The van der Waals surface area contributed by atoms with Crippen molar-refractivity contribution in [2.24, 2.45) is 5.41 Å². The van der Waals surface area contributed by atoms with Gasteiger partial charge in [0.2, 0.25) is 5.91 Å². The number of hydrogen-bond acceptors (Lipinski definition) is 6. The SMILES string of the molecule is CC(=O)NCCCS(=O)(=O)OCC(C)(C)C(OCc1ccccc1)C(=O)O. The number of hydrogen-bond donors (Lipinski definition) is 2. The van der Waals surface area contributed by atoms with E-state index in [2.05, 4.69) is 5.32 Å². The molecule has 8 nitrogen and oxygen atoms in total. The number of rotatable bonds is 12. The standard InChI is InChI=1S/C18H27NO7S/c1-14(20)19-10-7-11-27(23,24)26-13-18(2,3)16(17(21)22)25-12-15-8-5-4-6-9-15/h4-6,8-9,16H,7,10-13H2,1-3H3,(H,19,20)(H,21,22). The molecule has 1 amide bonds. The smallest absolute Gasteiger partial charge is 0.333 e. The van der Waals surface area contributed by atoms with Gasteiger partial charge in [0.05, 0.1) is 19.0 Å². The lowest BCUT2D eigenvalue weighted by molar-refractivity contribution is -0.162. The molecule has 1 rings (SSSR count). The largest absolute Gasteiger partial charge is 0.479 e. The second kappa shape index (κ2) is 10.4. The van der Waals surface area contributed by atoms with Crippen LogP contribution in [0.25, 0.3) is 0 Å². The molecule has 0 aliphatic rings. The van der Waals surface area contributed by atoms with Crippen LogP contribution >= 0.6 is 0 Å². The van der Waals surface area contributed by atoms with Crippen LogP contribution in [0.5, 0.6) is 0 Å². The minimum absolute atomic E-state index is 0.0880. The van der Waals surface area contributed by atoms with Crippen LogP contribution in [0.15, 0.2) is 30.3 Å². The van der Waals surface area contributed by atoms with Gasteiger partial charge in [-0.3, -0.25) is 8.98 Å². The Morgan fingerprint density at radius 2 is 1.85 bits per heavy atom. The number of ether oxygens (including phenoxy) is 1. The van der Waals surface area contributed by atoms with E-state index in [-0.39, 0.29) is 37.8 Å². The molecule has 0 heterocycles. The van der Waals surface area contributed by atoms with Crippen molar-refractivity contribution >= 4 is 22.0 Å². The quantitative estimate of drug-likeness (QED) is 0.403. The molecule has 1 atom stereocenters. The van der Waals surface area contributed by atoms with Crippen LogP contribution < -0.4 is 5.32 Å². The third-order valence-electron chi connectivity index (χ3n) is 3.75. The summed E-state index contributed by atoms with van der Waals surface area (Å²) in [7, 11) is -3.84. The summed E-state index contributed by atoms with van der Waals surface area (Å²) >= 11 is 0. The van der Waals surface area contributed by atoms with Gasteiger partial charge in [-0.2, -0.15) is 8.42 Å². The number of nitrogens with one attached hydrogen (secondary N) is 1. The summed E-state index contributed by atoms with van der Waals surface area (Å²) in [5, 5.41) is 12.0. The molecule has 0 aliphatic heterocycles. The molecular weight excluding hydrogens is 374 g/mol. The molecule has 1 aromatic carbocycles. The summed E-state index contributed by atoms with van der Waals surface area (Å²) < 4.78 is 34.5. The molecule has 0 radical (unpaired) electrons. The molecule has 0 spiro atoms. The van der Waals surface area contributed by atoms with E-state index in [9.17, 15) is 23.1 Å². The minimum atomic E-state index is -3.84. The first-order valence-electron chi connectivity index (χ1n) is 8.53. The molecule has 0 aromatic heterocycles. The number of benzene rings is 1. The highest BCUT2D eigenvalue weighted by atomic mass is 32.2. The van der Waals surface area contributed by atoms with Crippen molar-refractivity contribution in [1.29, 1.82) is 0 Å². The highest BCUT2D eigenvalue weighted by Gasteiger charge is 2.38. The normalized spacial score (nSPS) is 13.1. The van der Waals surface area contributed by atoms with Crippen LogP contribution in [0.1, 0.15) is 32.8 Å². The van der Waals surface area contributed by atoms with E-state index in [4.69, 9.17) is 8.92 Å². The Bertz CT molecular complexity index is 716. The Balaban J connectivity index is 2.60. The highest BCUT2D eigenvalue weighted by molar-refractivity contribution is 7.86. The van der Waals surface area contributed by atoms with Crippen molar-refractivity contribution in [3.8, 4) is 0 Å². The monoisotopic (exact) mass is 401 g/mol. The third kappa shape index (κ3) is 8.98. The van der Waals surface area contributed by atoms with Crippen molar-refractivity contribution in [3.63, 3.8) is 0 Å². The maximum atomic E-state index is 12.0. The first-order chi connectivity index (χ1) is 12.5. The summed E-state index contributed by atoms with van der Waals surface area (Å²) in [5.74, 6) is -1.71. The molecule has 1 unspecified atom stereocenters. The average Bonchev–Trinajstić information content (AvgIpc) is 2.58. The first-order valence-corrected chi connectivity index (χ1v) is 10.1. The van der Waals surface area contributed by atoms with Gasteiger partial charge in [-0.25, -0.2) is 4.79 Å². The Morgan fingerprint density at radius 3 is 2.41 bits per heavy atom. The van der Waals surface area contributed by atoms with Crippen LogP contribution in [-0.4, -0.2) is 50.4 Å². The number of carbonyl (C=O) groups excluding carboxylic acids is 1. The fourth-order valence-corrected chi connectivity index (χ4v) is 3.37. The van der Waals surface area contributed by atoms with Gasteiger partial charge >= 0.3 is 5.97 Å². The lowest BCUT2D eigenvalue weighted by Crippen LogP contribution is -2.42. The minimum Gasteiger partial charge on any atom is -0.479 e. The summed E-state index contributed by atoms with van der Waals surface area (Å²) in [6.07, 6.45) is -1.04. The molecule has 9 heteroatoms. The average molecular weight is 401 g/mol. The van der Waals surface area contributed by atoms with Crippen molar-refractivity contribution < 1.29 is 32.0 Å². The maximum absolute atomic E-state index is 12.0. The zero-order valence-electron chi connectivity index (χ0n) is 15.8. The van der Waals surface area contributed by atoms with E-state index < -0.39 is 27.6 Å². The van der Waals surface area contributed by atoms with Gasteiger partial charge in [0, 0.05) is 18.9 Å². The molecule has 2 N–H and O–H groups in total. The number of aliphatic carboxylic acids is 1. The molecule has 152 valence electrons. The number of carboxylic acids is 1. The van der Waals surface area contributed by atoms with Crippen LogP contribution in [0.3, 0.4) is 0 Å². The molecule has 0 aliphatic carbocycles. The van der Waals surface area contributed by atoms with Gasteiger partial charge in [-0.1, -0.05) is 44.2 Å². The van der Waals surface area contributed by atoms with E-state index >= 15 is 0 Å². The van der Waals surface area contributed by atoms with E-state index in [1.165, 1.54) is 6.92 Å². The van der Waals surface area contributed by atoms with E-state index in [1.807, 2.05) is 30.3 Å². The van der Waals surface area contributed by atoms with Gasteiger partial charge < -0.3 is 15.2 Å². The van der Waals surface area contributed by atoms with Crippen LogP contribution in [0.4, 0.5) is 0 Å². The molecule has 1 aromatic rings. The number of carbonyl (C=O) groups is 2. The summed E-state index contributed by atoms with van der Waals surface area (Å²) in [5.41, 5.74) is -0.267. The molecule has 0 saturated carbocycles. The van der Waals surface area contributed by atoms with E-state index in [0.717, 1.165) is 5.56 Å². The predicted octanol–water partition coefficient (Wildman–Crippen LogP) is 1.56. The van der Waals surface area contributed by atoms with E-state index in [1.54, 1.807) is 13.8 Å². The second-order valence-electron chi connectivity index (χ2n) is 6.86. The summed E-state index contributed by atoms with van der Waals surface area (Å²) in [4.78, 5) is 22.4. The fraction of sp³-hybridized carbons (Fsp3) is 0.556. The topological polar surface area (TPSA) is 119 Å². The van der Waals surface area contributed by atoms with Crippen LogP contribution in [0, 0.1) is 5.41 Å². The van der Waals surface area contributed by atoms with Gasteiger partial charge in [0.1, 0.15) is 0 Å². The fourth-order valence-electron chi connectivity index (χ4n) is 2.27. The molecule has 0 bridgehead atoms. The second-order valence-corrected chi connectivity index (χ2v) is 8.62. The molecule has 0 saturated heterocycles. The van der Waals surface area contributed by atoms with Crippen molar-refractivity contribution in [1.82, 2.24) is 5.32 Å². The predicted molar refractivity (Wildman–Crippen MR) is 99.5 cm³/mol. The number of carboxylic acid groups (broad SMARTS) is 1. The van der Waals surface area contributed by atoms with Crippen molar-refractivity contribution in [3.05, 3.63) is 35.9 Å². The first kappa shape index (κ1) is 23.1. The molecule has 0 fully saturated rings. The van der Waals surface area contributed by atoms with Crippen LogP contribution in [0.2, 0.25) is 0 Å². The Kier molecular flexibility index (Phi) is 8.87. The number of amides is 1. The van der Waals surface area contributed by atoms with Crippen molar-refractivity contribution in [2.75, 3.05) is 18.9 Å². The summed E-state index contributed by atoms with van der Waals surface area (Å²) in [6.45, 7) is 4.47. The Hall–Kier alpha value is -1.97. The molecule has 27 heavy (non-hydrogen) atoms. The van der Waals surface area contributed by atoms with Gasteiger partial charge in [-0.15, -0.1) is 0 Å². The lowest BCUT2D eigenvalue weighted by atomic mass is 9.87. The lowest BCUT2D eigenvalue weighted by Gasteiger charge is -2.30. The summed E-state index contributed by atoms with van der Waals surface area (Å²) in [6, 6.07) is 9.09. The zero-order valence-corrected chi connectivity index (χ0v) is 16.6. The Morgan fingerprint density at radius 1 is 1.22 bits per heavy atom. The molecular formula is C18H27NO7S. The van der Waals surface area contributed by atoms with Crippen molar-refractivity contribution in [2.45, 2.75) is 39.9 Å². The van der Waals surface area contributed by atoms with E-state index in [0.29, 0.717) is 0 Å². The zero-order chi connectivity index (χ0) is 20.5. The van der Waals surface area contributed by atoms with Gasteiger partial charge in [0.25, 0.3) is 10.1 Å². The van der Waals surface area contributed by atoms with Gasteiger partial charge in [-0.05, 0) is 12.0 Å².